The van der Waals surface area contributed by atoms with Crippen LogP contribution in [0.1, 0.15) is 19.5 Å². The summed E-state index contributed by atoms with van der Waals surface area (Å²) in [5, 5.41) is 5.65. The molecular weight excluding hydrogens is 314 g/mol. The maximum atomic E-state index is 12.0. The van der Waals surface area contributed by atoms with Crippen molar-refractivity contribution in [2.75, 3.05) is 13.3 Å². The molecule has 0 aliphatic carbocycles. The standard InChI is InChI=1S/C16H19N3O3S/c1-16(2,8-17)19-14(20)6-11-7-23-15(18-11)10-3-4-12-13(5-10)22-9-21-12/h3-5,7H,6,8-9,17H2,1-2H3,(H,19,20). The van der Waals surface area contributed by atoms with Crippen LogP contribution in [0.3, 0.4) is 0 Å². The van der Waals surface area contributed by atoms with E-state index in [-0.39, 0.29) is 19.1 Å². The molecule has 1 aliphatic heterocycles. The summed E-state index contributed by atoms with van der Waals surface area (Å²) in [6.45, 7) is 4.42. The molecule has 23 heavy (non-hydrogen) atoms. The molecule has 2 aromatic rings. The van der Waals surface area contributed by atoms with Gasteiger partial charge in [0.05, 0.1) is 12.1 Å². The molecule has 1 aromatic carbocycles. The Hall–Kier alpha value is -2.12. The fraction of sp³-hybridized carbons (Fsp3) is 0.375. The Labute approximate surface area is 138 Å². The van der Waals surface area contributed by atoms with Crippen LogP contribution in [0, 0.1) is 0 Å². The minimum atomic E-state index is -0.409. The Balaban J connectivity index is 1.70. The van der Waals surface area contributed by atoms with Gasteiger partial charge in [0.2, 0.25) is 12.7 Å². The number of rotatable bonds is 5. The number of hydrogen-bond donors (Lipinski definition) is 2. The molecule has 122 valence electrons. The van der Waals surface area contributed by atoms with Gasteiger partial charge in [-0.1, -0.05) is 0 Å². The molecule has 0 spiro atoms. The number of nitrogens with two attached hydrogens (primary N) is 1. The lowest BCUT2D eigenvalue weighted by Crippen LogP contribution is -2.49. The van der Waals surface area contributed by atoms with Crippen molar-refractivity contribution in [3.05, 3.63) is 29.3 Å². The Morgan fingerprint density at radius 2 is 2.17 bits per heavy atom. The fourth-order valence-corrected chi connectivity index (χ4v) is 3.00. The van der Waals surface area contributed by atoms with E-state index in [2.05, 4.69) is 10.3 Å². The van der Waals surface area contributed by atoms with Gasteiger partial charge in [-0.25, -0.2) is 4.98 Å². The molecule has 3 N–H and O–H groups in total. The van der Waals surface area contributed by atoms with Crippen molar-refractivity contribution in [3.63, 3.8) is 0 Å². The van der Waals surface area contributed by atoms with E-state index < -0.39 is 5.54 Å². The zero-order valence-electron chi connectivity index (χ0n) is 13.1. The SMILES string of the molecule is CC(C)(CN)NC(=O)Cc1csc(-c2ccc3c(c2)OCO3)n1. The van der Waals surface area contributed by atoms with Crippen LogP contribution in [0.2, 0.25) is 0 Å². The first-order valence-electron chi connectivity index (χ1n) is 7.32. The predicted molar refractivity (Wildman–Crippen MR) is 88.7 cm³/mol. The van der Waals surface area contributed by atoms with E-state index >= 15 is 0 Å². The number of benzene rings is 1. The van der Waals surface area contributed by atoms with Crippen LogP contribution in [0.25, 0.3) is 10.6 Å². The summed E-state index contributed by atoms with van der Waals surface area (Å²) >= 11 is 1.50. The Morgan fingerprint density at radius 1 is 1.39 bits per heavy atom. The van der Waals surface area contributed by atoms with E-state index in [9.17, 15) is 4.79 Å². The van der Waals surface area contributed by atoms with Crippen LogP contribution < -0.4 is 20.5 Å². The van der Waals surface area contributed by atoms with Crippen molar-refractivity contribution in [3.8, 4) is 22.1 Å². The number of hydrogen-bond acceptors (Lipinski definition) is 6. The van der Waals surface area contributed by atoms with Crippen molar-refractivity contribution in [2.24, 2.45) is 5.73 Å². The fourth-order valence-electron chi connectivity index (χ4n) is 2.19. The first-order chi connectivity index (χ1) is 11.0. The maximum Gasteiger partial charge on any atom is 0.231 e. The molecule has 1 aromatic heterocycles. The molecule has 0 fully saturated rings. The number of amides is 1. The Morgan fingerprint density at radius 3 is 2.96 bits per heavy atom. The highest BCUT2D eigenvalue weighted by atomic mass is 32.1. The van der Waals surface area contributed by atoms with Gasteiger partial charge in [-0.2, -0.15) is 0 Å². The third kappa shape index (κ3) is 3.62. The average molecular weight is 333 g/mol. The number of thiazole rings is 1. The van der Waals surface area contributed by atoms with Gasteiger partial charge in [-0.3, -0.25) is 4.79 Å². The number of carbonyl (C=O) groups is 1. The molecule has 0 saturated heterocycles. The zero-order valence-corrected chi connectivity index (χ0v) is 13.9. The maximum absolute atomic E-state index is 12.0. The van der Waals surface area contributed by atoms with E-state index in [1.165, 1.54) is 11.3 Å². The number of aromatic nitrogens is 1. The second-order valence-electron chi connectivity index (χ2n) is 6.02. The van der Waals surface area contributed by atoms with Gasteiger partial charge in [0.1, 0.15) is 5.01 Å². The lowest BCUT2D eigenvalue weighted by atomic mass is 10.1. The molecule has 0 bridgehead atoms. The number of nitrogens with one attached hydrogen (secondary N) is 1. The highest BCUT2D eigenvalue weighted by Gasteiger charge is 2.19. The highest BCUT2D eigenvalue weighted by molar-refractivity contribution is 7.13. The monoisotopic (exact) mass is 333 g/mol. The second kappa shape index (κ2) is 6.17. The normalized spacial score (nSPS) is 13.2. The van der Waals surface area contributed by atoms with E-state index in [0.717, 1.165) is 27.8 Å². The second-order valence-corrected chi connectivity index (χ2v) is 6.88. The summed E-state index contributed by atoms with van der Waals surface area (Å²) < 4.78 is 10.7. The lowest BCUT2D eigenvalue weighted by molar-refractivity contribution is -0.121. The van der Waals surface area contributed by atoms with Crippen LogP contribution in [-0.4, -0.2) is 29.8 Å². The lowest BCUT2D eigenvalue weighted by Gasteiger charge is -2.23. The van der Waals surface area contributed by atoms with E-state index in [1.54, 1.807) is 0 Å². The van der Waals surface area contributed by atoms with Gasteiger partial charge in [-0.05, 0) is 32.0 Å². The zero-order chi connectivity index (χ0) is 16.4. The summed E-state index contributed by atoms with van der Waals surface area (Å²) in [7, 11) is 0. The minimum Gasteiger partial charge on any atom is -0.454 e. The minimum absolute atomic E-state index is 0.0806. The van der Waals surface area contributed by atoms with Gasteiger partial charge in [0.15, 0.2) is 11.5 Å². The van der Waals surface area contributed by atoms with Crippen molar-refractivity contribution < 1.29 is 14.3 Å². The third-order valence-electron chi connectivity index (χ3n) is 3.50. The van der Waals surface area contributed by atoms with E-state index in [1.807, 2.05) is 37.4 Å². The van der Waals surface area contributed by atoms with Crippen LogP contribution in [0.15, 0.2) is 23.6 Å². The average Bonchev–Trinajstić information content (AvgIpc) is 3.14. The Bertz CT molecular complexity index is 727. The van der Waals surface area contributed by atoms with Gasteiger partial charge in [-0.15, -0.1) is 11.3 Å². The molecule has 7 heteroatoms. The molecule has 1 aliphatic rings. The summed E-state index contributed by atoms with van der Waals surface area (Å²) in [5.41, 5.74) is 6.91. The molecule has 0 atom stereocenters. The van der Waals surface area contributed by atoms with Crippen molar-refractivity contribution in [2.45, 2.75) is 25.8 Å². The summed E-state index contributed by atoms with van der Waals surface area (Å²) in [5.74, 6) is 1.39. The third-order valence-corrected chi connectivity index (χ3v) is 4.44. The summed E-state index contributed by atoms with van der Waals surface area (Å²) in [6, 6.07) is 5.71. The van der Waals surface area contributed by atoms with Crippen LogP contribution in [0.4, 0.5) is 0 Å². The molecule has 3 rings (SSSR count). The molecule has 0 radical (unpaired) electrons. The molecular formula is C16H19N3O3S. The van der Waals surface area contributed by atoms with Crippen molar-refractivity contribution in [1.82, 2.24) is 10.3 Å². The van der Waals surface area contributed by atoms with Gasteiger partial charge < -0.3 is 20.5 Å². The molecule has 0 unspecified atom stereocenters. The van der Waals surface area contributed by atoms with E-state index in [0.29, 0.717) is 6.54 Å². The van der Waals surface area contributed by atoms with Gasteiger partial charge in [0.25, 0.3) is 0 Å². The smallest absolute Gasteiger partial charge is 0.231 e. The number of carbonyl (C=O) groups excluding carboxylic acids is 1. The first-order valence-corrected chi connectivity index (χ1v) is 8.20. The largest absolute Gasteiger partial charge is 0.454 e. The van der Waals surface area contributed by atoms with Crippen LogP contribution in [-0.2, 0) is 11.2 Å². The van der Waals surface area contributed by atoms with Crippen molar-refractivity contribution >= 4 is 17.2 Å². The number of ether oxygens (including phenoxy) is 2. The summed E-state index contributed by atoms with van der Waals surface area (Å²) in [4.78, 5) is 16.6. The van der Waals surface area contributed by atoms with Crippen molar-refractivity contribution in [1.29, 1.82) is 0 Å². The highest BCUT2D eigenvalue weighted by Crippen LogP contribution is 2.36. The molecule has 6 nitrogen and oxygen atoms in total. The van der Waals surface area contributed by atoms with Crippen LogP contribution in [0.5, 0.6) is 11.5 Å². The Kier molecular flexibility index (Phi) is 4.23. The molecule has 2 heterocycles. The quantitative estimate of drug-likeness (QED) is 0.873. The van der Waals surface area contributed by atoms with Crippen LogP contribution >= 0.6 is 11.3 Å². The number of fused-ring (bicyclic) bond motifs is 1. The molecule has 1 amide bonds. The first kappa shape index (κ1) is 15.8. The topological polar surface area (TPSA) is 86.5 Å². The predicted octanol–water partition coefficient (Wildman–Crippen LogP) is 1.93. The van der Waals surface area contributed by atoms with Gasteiger partial charge in [0, 0.05) is 23.0 Å². The van der Waals surface area contributed by atoms with Gasteiger partial charge >= 0.3 is 0 Å². The molecule has 0 saturated carbocycles. The summed E-state index contributed by atoms with van der Waals surface area (Å²) in [6.07, 6.45) is 0.241. The van der Waals surface area contributed by atoms with E-state index in [4.69, 9.17) is 15.2 Å². The number of nitrogens with zero attached hydrogens (tertiary/aromatic N) is 1.